The lowest BCUT2D eigenvalue weighted by atomic mass is 10.1. The summed E-state index contributed by atoms with van der Waals surface area (Å²) in [6, 6.07) is 8.21. The number of benzene rings is 1. The van der Waals surface area contributed by atoms with E-state index in [1.54, 1.807) is 0 Å². The monoisotopic (exact) mass is 442 g/mol. The van der Waals surface area contributed by atoms with E-state index in [1.807, 2.05) is 31.2 Å². The summed E-state index contributed by atoms with van der Waals surface area (Å²) in [4.78, 5) is 15.7. The number of rotatable bonds is 5. The predicted octanol–water partition coefficient (Wildman–Crippen LogP) is 3.77. The van der Waals surface area contributed by atoms with Crippen LogP contribution in [0.1, 0.15) is 11.1 Å². The van der Waals surface area contributed by atoms with Crippen LogP contribution < -0.4 is 11.2 Å². The fourth-order valence-corrected chi connectivity index (χ4v) is 3.13. The molecule has 0 saturated heterocycles. The van der Waals surface area contributed by atoms with Crippen molar-refractivity contribution in [3.05, 3.63) is 52.7 Å². The van der Waals surface area contributed by atoms with E-state index in [4.69, 9.17) is 17.4 Å². The van der Waals surface area contributed by atoms with Gasteiger partial charge in [0.05, 0.1) is 16.3 Å². The van der Waals surface area contributed by atoms with Gasteiger partial charge in [0.25, 0.3) is 0 Å². The van der Waals surface area contributed by atoms with Crippen molar-refractivity contribution in [3.63, 3.8) is 0 Å². The molecule has 0 atom stereocenters. The minimum absolute atomic E-state index is 0.123. The fraction of sp³-hybridized carbons (Fsp3) is 0.176. The maximum absolute atomic E-state index is 12.6. The van der Waals surface area contributed by atoms with Crippen LogP contribution >= 0.6 is 23.4 Å². The molecular weight excluding hydrogens is 429 g/mol. The number of nitrogens with two attached hydrogens (primary N) is 1. The molecule has 0 aliphatic rings. The van der Waals surface area contributed by atoms with Crippen LogP contribution in [-0.4, -0.2) is 31.5 Å². The van der Waals surface area contributed by atoms with Crippen LogP contribution in [0.15, 0.2) is 41.7 Å². The summed E-state index contributed by atoms with van der Waals surface area (Å²) in [7, 11) is 0. The summed E-state index contributed by atoms with van der Waals surface area (Å²) in [5.74, 6) is 5.60. The number of anilines is 1. The standard InChI is InChI=1S/C17H14ClF3N6OS/c1-9-2-4-10(5-3-9)15-25-26-16(27(15)22)29-8-13(28)24-14-12(18)6-11(7-23-14)17(19,20)21/h2-7H,8,22H2,1H3,(H,23,24,28). The van der Waals surface area contributed by atoms with Crippen LogP contribution in [0.2, 0.25) is 5.02 Å². The van der Waals surface area contributed by atoms with Gasteiger partial charge in [0.2, 0.25) is 11.1 Å². The summed E-state index contributed by atoms with van der Waals surface area (Å²) in [6.07, 6.45) is -3.98. The van der Waals surface area contributed by atoms with Gasteiger partial charge in [-0.05, 0) is 13.0 Å². The maximum atomic E-state index is 12.6. The van der Waals surface area contributed by atoms with E-state index < -0.39 is 17.6 Å². The number of halogens is 4. The van der Waals surface area contributed by atoms with Crippen LogP contribution in [0.25, 0.3) is 11.4 Å². The number of carbonyl (C=O) groups is 1. The molecule has 12 heteroatoms. The van der Waals surface area contributed by atoms with Gasteiger partial charge in [0, 0.05) is 11.8 Å². The first-order chi connectivity index (χ1) is 13.6. The lowest BCUT2D eigenvalue weighted by Crippen LogP contribution is -2.17. The fourth-order valence-electron chi connectivity index (χ4n) is 2.26. The van der Waals surface area contributed by atoms with Gasteiger partial charge in [-0.15, -0.1) is 10.2 Å². The summed E-state index contributed by atoms with van der Waals surface area (Å²) < 4.78 is 39.2. The molecule has 2 aromatic heterocycles. The van der Waals surface area contributed by atoms with Crippen molar-refractivity contribution in [3.8, 4) is 11.4 Å². The van der Waals surface area contributed by atoms with Crippen LogP contribution in [0.3, 0.4) is 0 Å². The molecule has 1 aromatic carbocycles. The molecule has 0 bridgehead atoms. The molecule has 0 unspecified atom stereocenters. The van der Waals surface area contributed by atoms with Crippen LogP contribution in [-0.2, 0) is 11.0 Å². The molecule has 0 aliphatic heterocycles. The first kappa shape index (κ1) is 20.9. The van der Waals surface area contributed by atoms with Gasteiger partial charge < -0.3 is 11.2 Å². The van der Waals surface area contributed by atoms with Gasteiger partial charge in [0.15, 0.2) is 11.6 Å². The lowest BCUT2D eigenvalue weighted by molar-refractivity contribution is -0.137. The Labute approximate surface area is 172 Å². The number of thioether (sulfide) groups is 1. The Kier molecular flexibility index (Phi) is 5.99. The SMILES string of the molecule is Cc1ccc(-c2nnc(SCC(=O)Nc3ncc(C(F)(F)F)cc3Cl)n2N)cc1. The van der Waals surface area contributed by atoms with Gasteiger partial charge >= 0.3 is 6.18 Å². The van der Waals surface area contributed by atoms with E-state index in [9.17, 15) is 18.0 Å². The largest absolute Gasteiger partial charge is 0.417 e. The third-order valence-electron chi connectivity index (χ3n) is 3.73. The molecule has 29 heavy (non-hydrogen) atoms. The van der Waals surface area contributed by atoms with E-state index in [-0.39, 0.29) is 16.6 Å². The predicted molar refractivity (Wildman–Crippen MR) is 104 cm³/mol. The Morgan fingerprint density at radius 1 is 1.28 bits per heavy atom. The van der Waals surface area contributed by atoms with E-state index in [0.717, 1.165) is 22.9 Å². The molecular formula is C17H14ClF3N6OS. The third kappa shape index (κ3) is 4.98. The average molecular weight is 443 g/mol. The normalized spacial score (nSPS) is 11.5. The van der Waals surface area contributed by atoms with Crippen molar-refractivity contribution in [2.45, 2.75) is 18.3 Å². The van der Waals surface area contributed by atoms with Gasteiger partial charge in [-0.2, -0.15) is 13.2 Å². The zero-order valence-electron chi connectivity index (χ0n) is 14.9. The van der Waals surface area contributed by atoms with Crippen molar-refractivity contribution in [1.29, 1.82) is 0 Å². The number of nitrogens with one attached hydrogen (secondary N) is 1. The average Bonchev–Trinajstić information content (AvgIpc) is 3.02. The van der Waals surface area contributed by atoms with E-state index in [1.165, 1.54) is 4.68 Å². The van der Waals surface area contributed by atoms with Gasteiger partial charge in [0.1, 0.15) is 0 Å². The van der Waals surface area contributed by atoms with Crippen molar-refractivity contribution >= 4 is 35.1 Å². The number of nitrogens with zero attached hydrogens (tertiary/aromatic N) is 4. The second-order valence-electron chi connectivity index (χ2n) is 5.93. The number of nitrogen functional groups attached to an aromatic ring is 1. The second-order valence-corrected chi connectivity index (χ2v) is 7.28. The minimum Gasteiger partial charge on any atom is -0.335 e. The number of aryl methyl sites for hydroxylation is 1. The van der Waals surface area contributed by atoms with Gasteiger partial charge in [-0.3, -0.25) is 4.79 Å². The number of pyridine rings is 1. The summed E-state index contributed by atoms with van der Waals surface area (Å²) >= 11 is 6.78. The van der Waals surface area contributed by atoms with Gasteiger partial charge in [-0.25, -0.2) is 9.66 Å². The Morgan fingerprint density at radius 2 is 1.97 bits per heavy atom. The molecule has 7 nitrogen and oxygen atoms in total. The Balaban J connectivity index is 1.64. The molecule has 2 heterocycles. The third-order valence-corrected chi connectivity index (χ3v) is 4.96. The molecule has 0 aliphatic carbocycles. The van der Waals surface area contributed by atoms with Crippen molar-refractivity contribution in [2.75, 3.05) is 16.9 Å². The van der Waals surface area contributed by atoms with Crippen molar-refractivity contribution in [2.24, 2.45) is 0 Å². The Hall–Kier alpha value is -2.79. The van der Waals surface area contributed by atoms with E-state index >= 15 is 0 Å². The molecule has 0 radical (unpaired) electrons. The van der Waals surface area contributed by atoms with Crippen LogP contribution in [0.4, 0.5) is 19.0 Å². The number of alkyl halides is 3. The summed E-state index contributed by atoms with van der Waals surface area (Å²) in [6.45, 7) is 1.95. The molecule has 1 amide bonds. The van der Waals surface area contributed by atoms with Gasteiger partial charge in [-0.1, -0.05) is 53.2 Å². The summed E-state index contributed by atoms with van der Waals surface area (Å²) in [5, 5.41) is 10.3. The number of hydrogen-bond acceptors (Lipinski definition) is 6. The number of carbonyl (C=O) groups excluding carboxylic acids is 1. The Bertz CT molecular complexity index is 1040. The summed E-state index contributed by atoms with van der Waals surface area (Å²) in [5.41, 5.74) is 0.844. The smallest absolute Gasteiger partial charge is 0.335 e. The van der Waals surface area contributed by atoms with Crippen LogP contribution in [0.5, 0.6) is 0 Å². The lowest BCUT2D eigenvalue weighted by Gasteiger charge is -2.10. The van der Waals surface area contributed by atoms with E-state index in [2.05, 4.69) is 20.5 Å². The number of hydrogen-bond donors (Lipinski definition) is 2. The Morgan fingerprint density at radius 3 is 2.59 bits per heavy atom. The second kappa shape index (κ2) is 8.29. The molecule has 0 saturated carbocycles. The highest BCUT2D eigenvalue weighted by molar-refractivity contribution is 7.99. The number of aromatic nitrogens is 4. The molecule has 3 aromatic rings. The highest BCUT2D eigenvalue weighted by Gasteiger charge is 2.31. The highest BCUT2D eigenvalue weighted by atomic mass is 35.5. The van der Waals surface area contributed by atoms with E-state index in [0.29, 0.717) is 23.2 Å². The molecule has 3 N–H and O–H groups in total. The topological polar surface area (TPSA) is 98.7 Å². The number of amides is 1. The first-order valence-electron chi connectivity index (χ1n) is 8.08. The zero-order chi connectivity index (χ0) is 21.2. The first-order valence-corrected chi connectivity index (χ1v) is 9.44. The highest BCUT2D eigenvalue weighted by Crippen LogP contribution is 2.32. The zero-order valence-corrected chi connectivity index (χ0v) is 16.4. The van der Waals surface area contributed by atoms with Crippen LogP contribution in [0, 0.1) is 6.92 Å². The molecule has 0 spiro atoms. The minimum atomic E-state index is -4.57. The maximum Gasteiger partial charge on any atom is 0.417 e. The molecule has 3 rings (SSSR count). The molecule has 0 fully saturated rings. The van der Waals surface area contributed by atoms with Crippen molar-refractivity contribution < 1.29 is 18.0 Å². The molecule has 152 valence electrons. The quantitative estimate of drug-likeness (QED) is 0.461. The van der Waals surface area contributed by atoms with Crippen molar-refractivity contribution in [1.82, 2.24) is 19.9 Å².